The highest BCUT2D eigenvalue weighted by Gasteiger charge is 2.18. The number of aryl methyl sites for hydroxylation is 1. The average molecular weight is 291 g/mol. The molecular weight excluding hydrogens is 274 g/mol. The molecule has 2 aromatic heterocycles. The molecule has 1 atom stereocenters. The predicted molar refractivity (Wildman–Crippen MR) is 81.1 cm³/mol. The summed E-state index contributed by atoms with van der Waals surface area (Å²) in [6, 6.07) is 7.42. The molecule has 1 unspecified atom stereocenters. The molecule has 2 heterocycles. The highest BCUT2D eigenvalue weighted by Crippen LogP contribution is 2.29. The lowest BCUT2D eigenvalue weighted by Gasteiger charge is -2.22. The quantitative estimate of drug-likeness (QED) is 0.663. The Kier molecular flexibility index (Phi) is 4.34. The van der Waals surface area contributed by atoms with E-state index in [2.05, 4.69) is 30.2 Å². The minimum Gasteiger partial charge on any atom is -0.362 e. The van der Waals surface area contributed by atoms with Gasteiger partial charge in [0.2, 0.25) is 0 Å². The van der Waals surface area contributed by atoms with Crippen LogP contribution in [0.15, 0.2) is 29.6 Å². The van der Waals surface area contributed by atoms with Crippen molar-refractivity contribution in [2.75, 3.05) is 5.32 Å². The zero-order chi connectivity index (χ0) is 14.7. The molecule has 2 rings (SSSR count). The van der Waals surface area contributed by atoms with Gasteiger partial charge in [-0.2, -0.15) is 0 Å². The van der Waals surface area contributed by atoms with Crippen LogP contribution in [0.25, 0.3) is 0 Å². The van der Waals surface area contributed by atoms with Crippen LogP contribution in [0.5, 0.6) is 0 Å². The molecule has 0 amide bonds. The van der Waals surface area contributed by atoms with Gasteiger partial charge in [-0.25, -0.2) is 4.98 Å². The third-order valence-corrected chi connectivity index (χ3v) is 4.03. The van der Waals surface area contributed by atoms with Crippen molar-refractivity contribution in [1.29, 1.82) is 0 Å². The third-order valence-electron chi connectivity index (χ3n) is 3.07. The highest BCUT2D eigenvalue weighted by atomic mass is 32.1. The molecule has 0 radical (unpaired) electrons. The highest BCUT2D eigenvalue weighted by molar-refractivity contribution is 7.10. The van der Waals surface area contributed by atoms with Crippen molar-refractivity contribution in [2.24, 2.45) is 5.92 Å². The Morgan fingerprint density at radius 1 is 1.35 bits per heavy atom. The van der Waals surface area contributed by atoms with Crippen molar-refractivity contribution in [3.05, 3.63) is 50.3 Å². The number of hydrogen-bond donors (Lipinski definition) is 1. The molecule has 1 N–H and O–H groups in total. The molecule has 0 aliphatic carbocycles. The fourth-order valence-electron chi connectivity index (χ4n) is 2.02. The summed E-state index contributed by atoms with van der Waals surface area (Å²) in [5.74, 6) is 1.06. The number of rotatable bonds is 5. The summed E-state index contributed by atoms with van der Waals surface area (Å²) in [6.45, 7) is 5.92. The van der Waals surface area contributed by atoms with Crippen LogP contribution in [0.2, 0.25) is 0 Å². The number of thiophene rings is 1. The smallest absolute Gasteiger partial charge is 0.290 e. The van der Waals surface area contributed by atoms with Crippen LogP contribution in [0, 0.1) is 23.0 Å². The molecule has 6 heteroatoms. The van der Waals surface area contributed by atoms with Gasteiger partial charge in [0.25, 0.3) is 5.69 Å². The van der Waals surface area contributed by atoms with Crippen molar-refractivity contribution >= 4 is 22.8 Å². The largest absolute Gasteiger partial charge is 0.362 e. The first-order chi connectivity index (χ1) is 9.49. The summed E-state index contributed by atoms with van der Waals surface area (Å²) in [4.78, 5) is 15.9. The number of anilines is 1. The molecule has 0 spiro atoms. The van der Waals surface area contributed by atoms with Gasteiger partial charge in [0.1, 0.15) is 11.5 Å². The van der Waals surface area contributed by atoms with Gasteiger partial charge in [0, 0.05) is 10.9 Å². The van der Waals surface area contributed by atoms with Crippen LogP contribution in [-0.2, 0) is 0 Å². The second kappa shape index (κ2) is 6.00. The fourth-order valence-corrected chi connectivity index (χ4v) is 2.97. The number of hydrogen-bond acceptors (Lipinski definition) is 5. The van der Waals surface area contributed by atoms with Crippen molar-refractivity contribution in [2.45, 2.75) is 26.8 Å². The zero-order valence-electron chi connectivity index (χ0n) is 11.7. The Morgan fingerprint density at radius 2 is 2.10 bits per heavy atom. The van der Waals surface area contributed by atoms with E-state index in [1.54, 1.807) is 24.3 Å². The van der Waals surface area contributed by atoms with E-state index in [-0.39, 0.29) is 11.7 Å². The number of pyridine rings is 1. The van der Waals surface area contributed by atoms with Crippen molar-refractivity contribution < 1.29 is 4.92 Å². The second-order valence-electron chi connectivity index (χ2n) is 4.94. The molecule has 20 heavy (non-hydrogen) atoms. The van der Waals surface area contributed by atoms with Crippen molar-refractivity contribution in [3.63, 3.8) is 0 Å². The van der Waals surface area contributed by atoms with E-state index in [4.69, 9.17) is 0 Å². The first-order valence-corrected chi connectivity index (χ1v) is 7.29. The van der Waals surface area contributed by atoms with Crippen LogP contribution in [0.1, 0.15) is 30.5 Å². The second-order valence-corrected chi connectivity index (χ2v) is 5.92. The van der Waals surface area contributed by atoms with Crippen LogP contribution >= 0.6 is 11.3 Å². The number of aromatic nitrogens is 1. The van der Waals surface area contributed by atoms with Gasteiger partial charge in [0.05, 0.1) is 11.0 Å². The van der Waals surface area contributed by atoms with E-state index < -0.39 is 4.92 Å². The fraction of sp³-hybridized carbons (Fsp3) is 0.357. The van der Waals surface area contributed by atoms with Gasteiger partial charge in [0.15, 0.2) is 0 Å². The van der Waals surface area contributed by atoms with Gasteiger partial charge < -0.3 is 5.32 Å². The van der Waals surface area contributed by atoms with Crippen LogP contribution in [0.3, 0.4) is 0 Å². The minimum atomic E-state index is -0.411. The summed E-state index contributed by atoms with van der Waals surface area (Å²) in [7, 11) is 0. The normalized spacial score (nSPS) is 12.4. The molecule has 0 aliphatic rings. The summed E-state index contributed by atoms with van der Waals surface area (Å²) in [5, 5.41) is 16.2. The van der Waals surface area contributed by atoms with Crippen LogP contribution < -0.4 is 5.32 Å². The van der Waals surface area contributed by atoms with Gasteiger partial charge in [-0.1, -0.05) is 19.9 Å². The Balaban J connectivity index is 2.24. The predicted octanol–water partition coefficient (Wildman–Crippen LogP) is 4.17. The summed E-state index contributed by atoms with van der Waals surface area (Å²) in [5.41, 5.74) is 0.474. The van der Waals surface area contributed by atoms with Gasteiger partial charge in [-0.05, 0) is 30.4 Å². The summed E-state index contributed by atoms with van der Waals surface area (Å²) in [6.07, 6.45) is 0. The first kappa shape index (κ1) is 14.5. The van der Waals surface area contributed by atoms with Crippen LogP contribution in [0.4, 0.5) is 11.5 Å². The zero-order valence-corrected chi connectivity index (χ0v) is 12.5. The molecule has 0 saturated heterocycles. The van der Waals surface area contributed by atoms with Crippen molar-refractivity contribution in [3.8, 4) is 0 Å². The van der Waals surface area contributed by atoms with E-state index in [0.717, 1.165) is 0 Å². The van der Waals surface area contributed by atoms with Gasteiger partial charge in [-0.15, -0.1) is 11.3 Å². The molecule has 2 aromatic rings. The Morgan fingerprint density at radius 3 is 2.60 bits per heavy atom. The maximum atomic E-state index is 10.8. The van der Waals surface area contributed by atoms with Gasteiger partial charge in [-0.3, -0.25) is 10.1 Å². The maximum absolute atomic E-state index is 10.8. The molecule has 106 valence electrons. The monoisotopic (exact) mass is 291 g/mol. The minimum absolute atomic E-state index is 0.0489. The number of nitro groups is 1. The lowest BCUT2D eigenvalue weighted by molar-refractivity contribution is -0.385. The van der Waals surface area contributed by atoms with E-state index in [1.165, 1.54) is 10.9 Å². The molecule has 0 aromatic carbocycles. The van der Waals surface area contributed by atoms with E-state index in [1.807, 2.05) is 11.4 Å². The molecule has 0 saturated carbocycles. The van der Waals surface area contributed by atoms with Crippen molar-refractivity contribution in [1.82, 2.24) is 4.98 Å². The van der Waals surface area contributed by atoms with E-state index in [0.29, 0.717) is 17.4 Å². The first-order valence-electron chi connectivity index (χ1n) is 6.41. The lowest BCUT2D eigenvalue weighted by Crippen LogP contribution is -2.16. The topological polar surface area (TPSA) is 68.1 Å². The van der Waals surface area contributed by atoms with E-state index >= 15 is 0 Å². The van der Waals surface area contributed by atoms with Crippen LogP contribution in [-0.4, -0.2) is 9.91 Å². The standard InChI is InChI=1S/C14H17N3O2S/c1-9(2)14(12-5-4-8-20-12)16-13-7-6-11(17(18)19)10(3)15-13/h4-9,14H,1-3H3,(H,15,16). The summed E-state index contributed by atoms with van der Waals surface area (Å²) >= 11 is 1.69. The summed E-state index contributed by atoms with van der Waals surface area (Å²) < 4.78 is 0. The average Bonchev–Trinajstić information content (AvgIpc) is 2.88. The van der Waals surface area contributed by atoms with E-state index in [9.17, 15) is 10.1 Å². The van der Waals surface area contributed by atoms with Gasteiger partial charge >= 0.3 is 0 Å². The third kappa shape index (κ3) is 3.14. The Hall–Kier alpha value is -1.95. The molecule has 0 fully saturated rings. The molecule has 0 aliphatic heterocycles. The maximum Gasteiger partial charge on any atom is 0.290 e. The SMILES string of the molecule is Cc1nc(NC(c2cccs2)C(C)C)ccc1[N+](=O)[O-]. The molecular formula is C14H17N3O2S. The Bertz CT molecular complexity index is 596. The molecule has 0 bridgehead atoms. The lowest BCUT2D eigenvalue weighted by atomic mass is 10.0. The molecule has 5 nitrogen and oxygen atoms in total. The Labute approximate surface area is 121 Å². The number of nitrogens with zero attached hydrogens (tertiary/aromatic N) is 2. The number of nitrogens with one attached hydrogen (secondary N) is 1.